The number of nitrogens with one attached hydrogen (secondary N) is 1. The number of rotatable bonds is 8. The zero-order chi connectivity index (χ0) is 20.7. The molecular weight excluding hydrogens is 382 g/mol. The highest BCUT2D eigenvalue weighted by Gasteiger charge is 2.32. The van der Waals surface area contributed by atoms with Gasteiger partial charge in [0.25, 0.3) is 5.91 Å². The van der Waals surface area contributed by atoms with Gasteiger partial charge in [0.15, 0.2) is 16.4 Å². The fourth-order valence-electron chi connectivity index (χ4n) is 2.90. The van der Waals surface area contributed by atoms with Crippen LogP contribution in [0.25, 0.3) is 0 Å². The maximum atomic E-state index is 12.0. The van der Waals surface area contributed by atoms with Crippen LogP contribution in [0.2, 0.25) is 0 Å². The van der Waals surface area contributed by atoms with E-state index in [-0.39, 0.29) is 29.9 Å². The van der Waals surface area contributed by atoms with Gasteiger partial charge < -0.3 is 9.64 Å². The van der Waals surface area contributed by atoms with Crippen LogP contribution in [0.5, 0.6) is 5.75 Å². The summed E-state index contributed by atoms with van der Waals surface area (Å²) in [5.41, 5.74) is 3.81. The number of likely N-dealkylation sites (N-methyl/N-ethyl adjacent to an activating group) is 1. The smallest absolute Gasteiger partial charge is 0.260 e. The molecule has 1 fully saturated rings. The second-order valence-corrected chi connectivity index (χ2v) is 8.88. The standard InChI is InChI=1S/C19H27N3O5S/c1-4-22(5-2)18(23)12-27-17-8-6-15(7-9-17)14(3)20-21-19(24)16-10-11-28(25,26)13-16/h6-9,16H,4-5,10-13H2,1-3H3,(H,21,24)/b20-14-/t16-/m0/s1. The van der Waals surface area contributed by atoms with Gasteiger partial charge in [-0.2, -0.15) is 5.10 Å². The third kappa shape index (κ3) is 6.05. The lowest BCUT2D eigenvalue weighted by molar-refractivity contribution is -0.133. The van der Waals surface area contributed by atoms with Gasteiger partial charge in [0.2, 0.25) is 5.91 Å². The zero-order valence-corrected chi connectivity index (χ0v) is 17.3. The van der Waals surface area contributed by atoms with Crippen molar-refractivity contribution in [3.63, 3.8) is 0 Å². The van der Waals surface area contributed by atoms with Crippen molar-refractivity contribution in [3.05, 3.63) is 29.8 Å². The zero-order valence-electron chi connectivity index (χ0n) is 16.5. The molecule has 1 aliphatic rings. The van der Waals surface area contributed by atoms with E-state index in [2.05, 4.69) is 10.5 Å². The highest BCUT2D eigenvalue weighted by atomic mass is 32.2. The number of ether oxygens (including phenoxy) is 1. The summed E-state index contributed by atoms with van der Waals surface area (Å²) in [6.45, 7) is 6.85. The van der Waals surface area contributed by atoms with Crippen molar-refractivity contribution in [2.75, 3.05) is 31.2 Å². The van der Waals surface area contributed by atoms with E-state index in [1.165, 1.54) is 0 Å². The van der Waals surface area contributed by atoms with E-state index in [1.807, 2.05) is 13.8 Å². The summed E-state index contributed by atoms with van der Waals surface area (Å²) in [4.78, 5) is 25.7. The van der Waals surface area contributed by atoms with Gasteiger partial charge in [-0.3, -0.25) is 9.59 Å². The third-order valence-electron chi connectivity index (χ3n) is 4.69. The Morgan fingerprint density at radius 2 is 1.86 bits per heavy atom. The number of hydrogen-bond acceptors (Lipinski definition) is 6. The van der Waals surface area contributed by atoms with Gasteiger partial charge in [0.1, 0.15) is 5.75 Å². The predicted octanol–water partition coefficient (Wildman–Crippen LogP) is 1.21. The Morgan fingerprint density at radius 3 is 2.39 bits per heavy atom. The molecular formula is C19H27N3O5S. The number of amides is 2. The Hall–Kier alpha value is -2.42. The van der Waals surface area contributed by atoms with Crippen LogP contribution in [0, 0.1) is 5.92 Å². The van der Waals surface area contributed by atoms with E-state index in [0.29, 0.717) is 31.0 Å². The molecule has 1 aromatic carbocycles. The van der Waals surface area contributed by atoms with E-state index in [1.54, 1.807) is 36.1 Å². The van der Waals surface area contributed by atoms with Gasteiger partial charge in [0.05, 0.1) is 23.1 Å². The Bertz CT molecular complexity index is 830. The highest BCUT2D eigenvalue weighted by Crippen LogP contribution is 2.18. The Balaban J connectivity index is 1.88. The number of nitrogens with zero attached hydrogens (tertiary/aromatic N) is 2. The summed E-state index contributed by atoms with van der Waals surface area (Å²) in [6, 6.07) is 7.02. The molecule has 0 aliphatic carbocycles. The highest BCUT2D eigenvalue weighted by molar-refractivity contribution is 7.91. The van der Waals surface area contributed by atoms with Crippen LogP contribution in [-0.2, 0) is 19.4 Å². The first-order valence-electron chi connectivity index (χ1n) is 9.31. The third-order valence-corrected chi connectivity index (χ3v) is 6.46. The number of carbonyl (C=O) groups excluding carboxylic acids is 2. The summed E-state index contributed by atoms with van der Waals surface area (Å²) in [6.07, 6.45) is 0.334. The summed E-state index contributed by atoms with van der Waals surface area (Å²) in [5.74, 6) is -0.492. The number of carbonyl (C=O) groups is 2. The number of benzene rings is 1. The fraction of sp³-hybridized carbons (Fsp3) is 0.526. The van der Waals surface area contributed by atoms with Crippen LogP contribution >= 0.6 is 0 Å². The maximum absolute atomic E-state index is 12.0. The minimum absolute atomic E-state index is 0.0194. The minimum atomic E-state index is -3.11. The predicted molar refractivity (Wildman–Crippen MR) is 107 cm³/mol. The van der Waals surface area contributed by atoms with Gasteiger partial charge in [-0.15, -0.1) is 0 Å². The van der Waals surface area contributed by atoms with Crippen molar-refractivity contribution in [2.24, 2.45) is 11.0 Å². The van der Waals surface area contributed by atoms with Crippen LogP contribution in [0.4, 0.5) is 0 Å². The second kappa shape index (κ2) is 9.68. The average Bonchev–Trinajstić information content (AvgIpc) is 3.05. The molecule has 0 bridgehead atoms. The topological polar surface area (TPSA) is 105 Å². The molecule has 1 heterocycles. The van der Waals surface area contributed by atoms with Crippen LogP contribution in [0.3, 0.4) is 0 Å². The van der Waals surface area contributed by atoms with Crippen molar-refractivity contribution in [3.8, 4) is 5.75 Å². The molecule has 28 heavy (non-hydrogen) atoms. The van der Waals surface area contributed by atoms with Crippen LogP contribution in [0.15, 0.2) is 29.4 Å². The maximum Gasteiger partial charge on any atom is 0.260 e. The molecule has 1 N–H and O–H groups in total. The Kier molecular flexibility index (Phi) is 7.56. The molecule has 0 spiro atoms. The molecule has 8 nitrogen and oxygen atoms in total. The Labute approximate surface area is 165 Å². The van der Waals surface area contributed by atoms with E-state index in [0.717, 1.165) is 5.56 Å². The summed E-state index contributed by atoms with van der Waals surface area (Å²) < 4.78 is 28.4. The molecule has 1 aromatic rings. The van der Waals surface area contributed by atoms with Crippen LogP contribution in [0.1, 0.15) is 32.8 Å². The average molecular weight is 410 g/mol. The lowest BCUT2D eigenvalue weighted by Crippen LogP contribution is -2.34. The number of sulfone groups is 1. The first kappa shape index (κ1) is 21.9. The fourth-order valence-corrected chi connectivity index (χ4v) is 4.64. The van der Waals surface area contributed by atoms with Crippen LogP contribution in [-0.4, -0.2) is 62.0 Å². The van der Waals surface area contributed by atoms with Crippen molar-refractivity contribution in [1.82, 2.24) is 10.3 Å². The van der Waals surface area contributed by atoms with Gasteiger partial charge in [-0.25, -0.2) is 13.8 Å². The largest absolute Gasteiger partial charge is 0.484 e. The SMILES string of the molecule is CCN(CC)C(=O)COc1ccc(/C(C)=N\NC(=O)[C@H]2CCS(=O)(=O)C2)cc1. The molecule has 1 saturated heterocycles. The normalized spacial score (nSPS) is 18.5. The van der Waals surface area contributed by atoms with Crippen molar-refractivity contribution in [2.45, 2.75) is 27.2 Å². The van der Waals surface area contributed by atoms with Crippen LogP contribution < -0.4 is 10.2 Å². The quantitative estimate of drug-likeness (QED) is 0.513. The van der Waals surface area contributed by atoms with E-state index < -0.39 is 15.8 Å². The Morgan fingerprint density at radius 1 is 1.21 bits per heavy atom. The molecule has 154 valence electrons. The van der Waals surface area contributed by atoms with E-state index >= 15 is 0 Å². The molecule has 1 atom stereocenters. The lowest BCUT2D eigenvalue weighted by atomic mass is 10.1. The van der Waals surface area contributed by atoms with E-state index in [4.69, 9.17) is 4.74 Å². The molecule has 2 amide bonds. The van der Waals surface area contributed by atoms with Gasteiger partial charge in [-0.05, 0) is 57.0 Å². The van der Waals surface area contributed by atoms with Crippen molar-refractivity contribution >= 4 is 27.4 Å². The van der Waals surface area contributed by atoms with E-state index in [9.17, 15) is 18.0 Å². The molecule has 0 saturated carbocycles. The summed E-state index contributed by atoms with van der Waals surface area (Å²) >= 11 is 0. The molecule has 1 aliphatic heterocycles. The second-order valence-electron chi connectivity index (χ2n) is 6.65. The number of hydrogen-bond donors (Lipinski definition) is 1. The molecule has 0 radical (unpaired) electrons. The molecule has 2 rings (SSSR count). The number of hydrazone groups is 1. The lowest BCUT2D eigenvalue weighted by Gasteiger charge is -2.18. The monoisotopic (exact) mass is 409 g/mol. The molecule has 0 unspecified atom stereocenters. The van der Waals surface area contributed by atoms with Gasteiger partial charge in [-0.1, -0.05) is 0 Å². The van der Waals surface area contributed by atoms with Gasteiger partial charge >= 0.3 is 0 Å². The first-order valence-corrected chi connectivity index (χ1v) is 11.1. The molecule has 9 heteroatoms. The minimum Gasteiger partial charge on any atom is -0.484 e. The van der Waals surface area contributed by atoms with Gasteiger partial charge in [0, 0.05) is 13.1 Å². The van der Waals surface area contributed by atoms with Crippen molar-refractivity contribution < 1.29 is 22.7 Å². The summed E-state index contributed by atoms with van der Waals surface area (Å²) in [7, 11) is -3.11. The summed E-state index contributed by atoms with van der Waals surface area (Å²) in [5, 5.41) is 4.06. The first-order chi connectivity index (χ1) is 13.3. The molecule has 0 aromatic heterocycles. The van der Waals surface area contributed by atoms with Crippen molar-refractivity contribution in [1.29, 1.82) is 0 Å².